The summed E-state index contributed by atoms with van der Waals surface area (Å²) in [5, 5.41) is 2.87. The Morgan fingerprint density at radius 1 is 1.14 bits per heavy atom. The second-order valence-electron chi connectivity index (χ2n) is 5.00. The number of ether oxygens (including phenoxy) is 1. The molecule has 2 aromatic carbocycles. The summed E-state index contributed by atoms with van der Waals surface area (Å²) in [7, 11) is 0. The molecule has 0 aliphatic rings. The summed E-state index contributed by atoms with van der Waals surface area (Å²) in [4.78, 5) is 11.9. The molecule has 0 fully saturated rings. The minimum Gasteiger partial charge on any atom is -0.494 e. The van der Waals surface area contributed by atoms with Crippen molar-refractivity contribution in [1.29, 1.82) is 0 Å². The van der Waals surface area contributed by atoms with Crippen LogP contribution in [-0.4, -0.2) is 12.5 Å². The zero-order valence-corrected chi connectivity index (χ0v) is 13.0. The molecule has 0 bridgehead atoms. The molecule has 0 radical (unpaired) electrons. The lowest BCUT2D eigenvalue weighted by Crippen LogP contribution is -2.20. The van der Waals surface area contributed by atoms with Crippen molar-refractivity contribution in [2.45, 2.75) is 20.4 Å². The first-order valence-electron chi connectivity index (χ1n) is 7.42. The number of para-hydroxylation sites is 1. The zero-order valence-electron chi connectivity index (χ0n) is 13.0. The van der Waals surface area contributed by atoms with Gasteiger partial charge in [0.2, 0.25) is 5.91 Å². The van der Waals surface area contributed by atoms with E-state index in [1.165, 1.54) is 5.56 Å². The van der Waals surface area contributed by atoms with Crippen molar-refractivity contribution in [3.8, 4) is 5.75 Å². The standard InChI is InChI=1S/C19H21NO2/c1-3-22-18-7-5-4-6-17(18)14-20-19(21)13-12-16-10-8-15(2)9-11-16/h4-13H,3,14H2,1-2H3,(H,20,21)/b13-12+. The monoisotopic (exact) mass is 295 g/mol. The van der Waals surface area contributed by atoms with Crippen molar-refractivity contribution in [1.82, 2.24) is 5.32 Å². The summed E-state index contributed by atoms with van der Waals surface area (Å²) in [6, 6.07) is 15.8. The van der Waals surface area contributed by atoms with Crippen LogP contribution in [0.15, 0.2) is 54.6 Å². The van der Waals surface area contributed by atoms with Crippen LogP contribution >= 0.6 is 0 Å². The predicted octanol–water partition coefficient (Wildman–Crippen LogP) is 3.72. The van der Waals surface area contributed by atoms with Crippen molar-refractivity contribution in [2.75, 3.05) is 6.61 Å². The Morgan fingerprint density at radius 2 is 1.86 bits per heavy atom. The number of aryl methyl sites for hydroxylation is 1. The van der Waals surface area contributed by atoms with E-state index >= 15 is 0 Å². The van der Waals surface area contributed by atoms with E-state index < -0.39 is 0 Å². The summed E-state index contributed by atoms with van der Waals surface area (Å²) in [6.07, 6.45) is 3.36. The van der Waals surface area contributed by atoms with Gasteiger partial charge in [0.25, 0.3) is 0 Å². The minimum atomic E-state index is -0.119. The molecular formula is C19H21NO2. The summed E-state index contributed by atoms with van der Waals surface area (Å²) >= 11 is 0. The molecular weight excluding hydrogens is 274 g/mol. The van der Waals surface area contributed by atoms with Crippen LogP contribution in [0.25, 0.3) is 6.08 Å². The largest absolute Gasteiger partial charge is 0.494 e. The molecule has 3 nitrogen and oxygen atoms in total. The smallest absolute Gasteiger partial charge is 0.244 e. The Morgan fingerprint density at radius 3 is 2.59 bits per heavy atom. The highest BCUT2D eigenvalue weighted by molar-refractivity contribution is 5.91. The van der Waals surface area contributed by atoms with Crippen LogP contribution in [0.3, 0.4) is 0 Å². The average Bonchev–Trinajstić information content (AvgIpc) is 2.54. The number of carbonyl (C=O) groups excluding carboxylic acids is 1. The van der Waals surface area contributed by atoms with E-state index in [2.05, 4.69) is 5.32 Å². The average molecular weight is 295 g/mol. The zero-order chi connectivity index (χ0) is 15.8. The molecule has 1 amide bonds. The number of nitrogens with one attached hydrogen (secondary N) is 1. The summed E-state index contributed by atoms with van der Waals surface area (Å²) in [6.45, 7) is 5.04. The third-order valence-electron chi connectivity index (χ3n) is 3.23. The van der Waals surface area contributed by atoms with Gasteiger partial charge in [-0.2, -0.15) is 0 Å². The van der Waals surface area contributed by atoms with Crippen LogP contribution in [-0.2, 0) is 11.3 Å². The quantitative estimate of drug-likeness (QED) is 0.825. The van der Waals surface area contributed by atoms with Gasteiger partial charge in [-0.25, -0.2) is 0 Å². The molecule has 0 aliphatic carbocycles. The highest BCUT2D eigenvalue weighted by Gasteiger charge is 2.03. The second kappa shape index (κ2) is 8.03. The molecule has 114 valence electrons. The van der Waals surface area contributed by atoms with Crippen LogP contribution in [0.5, 0.6) is 5.75 Å². The molecule has 0 saturated heterocycles. The fourth-order valence-corrected chi connectivity index (χ4v) is 2.04. The maximum absolute atomic E-state index is 11.9. The normalized spacial score (nSPS) is 10.6. The fourth-order valence-electron chi connectivity index (χ4n) is 2.04. The highest BCUT2D eigenvalue weighted by atomic mass is 16.5. The number of benzene rings is 2. The van der Waals surface area contributed by atoms with E-state index in [4.69, 9.17) is 4.74 Å². The molecule has 0 unspecified atom stereocenters. The lowest BCUT2D eigenvalue weighted by atomic mass is 10.1. The lowest BCUT2D eigenvalue weighted by Gasteiger charge is -2.10. The number of hydrogen-bond donors (Lipinski definition) is 1. The second-order valence-corrected chi connectivity index (χ2v) is 5.00. The highest BCUT2D eigenvalue weighted by Crippen LogP contribution is 2.17. The van der Waals surface area contributed by atoms with Gasteiger partial charge in [0.1, 0.15) is 5.75 Å². The Hall–Kier alpha value is -2.55. The van der Waals surface area contributed by atoms with Gasteiger partial charge < -0.3 is 10.1 Å². The number of hydrogen-bond acceptors (Lipinski definition) is 2. The number of rotatable bonds is 6. The van der Waals surface area contributed by atoms with Crippen LogP contribution in [0.2, 0.25) is 0 Å². The van der Waals surface area contributed by atoms with Crippen LogP contribution in [0.1, 0.15) is 23.6 Å². The number of carbonyl (C=O) groups is 1. The van der Waals surface area contributed by atoms with Gasteiger partial charge in [0.15, 0.2) is 0 Å². The maximum Gasteiger partial charge on any atom is 0.244 e. The lowest BCUT2D eigenvalue weighted by molar-refractivity contribution is -0.116. The van der Waals surface area contributed by atoms with Gasteiger partial charge >= 0.3 is 0 Å². The fraction of sp³-hybridized carbons (Fsp3) is 0.211. The first-order valence-corrected chi connectivity index (χ1v) is 7.42. The molecule has 3 heteroatoms. The van der Waals surface area contributed by atoms with Crippen molar-refractivity contribution in [3.05, 3.63) is 71.3 Å². The third-order valence-corrected chi connectivity index (χ3v) is 3.23. The Balaban J connectivity index is 1.91. The van der Waals surface area contributed by atoms with Gasteiger partial charge in [-0.1, -0.05) is 48.0 Å². The predicted molar refractivity (Wildman–Crippen MR) is 89.7 cm³/mol. The Kier molecular flexibility index (Phi) is 5.78. The van der Waals surface area contributed by atoms with Crippen LogP contribution < -0.4 is 10.1 Å². The summed E-state index contributed by atoms with van der Waals surface area (Å²) < 4.78 is 5.54. The SMILES string of the molecule is CCOc1ccccc1CNC(=O)/C=C/c1ccc(C)cc1. The first kappa shape index (κ1) is 15.8. The number of amides is 1. The summed E-state index contributed by atoms with van der Waals surface area (Å²) in [5.74, 6) is 0.694. The van der Waals surface area contributed by atoms with E-state index in [0.29, 0.717) is 13.2 Å². The van der Waals surface area contributed by atoms with Crippen molar-refractivity contribution >= 4 is 12.0 Å². The van der Waals surface area contributed by atoms with Crippen molar-refractivity contribution < 1.29 is 9.53 Å². The Bertz CT molecular complexity index is 645. The molecule has 0 aromatic heterocycles. The van der Waals surface area contributed by atoms with Crippen LogP contribution in [0, 0.1) is 6.92 Å². The first-order chi connectivity index (χ1) is 10.7. The van der Waals surface area contributed by atoms with Gasteiger partial charge in [-0.15, -0.1) is 0 Å². The van der Waals surface area contributed by atoms with Crippen molar-refractivity contribution in [2.24, 2.45) is 0 Å². The minimum absolute atomic E-state index is 0.119. The van der Waals surface area contributed by atoms with Crippen molar-refractivity contribution in [3.63, 3.8) is 0 Å². The molecule has 2 rings (SSSR count). The third kappa shape index (κ3) is 4.77. The van der Waals surface area contributed by atoms with Crippen LogP contribution in [0.4, 0.5) is 0 Å². The molecule has 2 aromatic rings. The molecule has 1 N–H and O–H groups in total. The molecule has 22 heavy (non-hydrogen) atoms. The van der Waals surface area contributed by atoms with E-state index in [9.17, 15) is 4.79 Å². The van der Waals surface area contributed by atoms with Gasteiger partial charge in [0.05, 0.1) is 6.61 Å². The molecule has 0 atom stereocenters. The van der Waals surface area contributed by atoms with Gasteiger partial charge in [-0.3, -0.25) is 4.79 Å². The molecule has 0 spiro atoms. The van der Waals surface area contributed by atoms with Gasteiger partial charge in [0, 0.05) is 18.2 Å². The maximum atomic E-state index is 11.9. The topological polar surface area (TPSA) is 38.3 Å². The van der Waals surface area contributed by atoms with Gasteiger partial charge in [-0.05, 0) is 31.6 Å². The van der Waals surface area contributed by atoms with E-state index in [1.807, 2.05) is 68.5 Å². The Labute approximate surface area is 131 Å². The van der Waals surface area contributed by atoms with E-state index in [0.717, 1.165) is 16.9 Å². The molecule has 0 heterocycles. The van der Waals surface area contributed by atoms with E-state index in [-0.39, 0.29) is 5.91 Å². The summed E-state index contributed by atoms with van der Waals surface area (Å²) in [5.41, 5.74) is 3.19. The van der Waals surface area contributed by atoms with E-state index in [1.54, 1.807) is 6.08 Å². The molecule has 0 saturated carbocycles. The molecule has 0 aliphatic heterocycles.